The Balaban J connectivity index is 3.19. The van der Waals surface area contributed by atoms with Crippen LogP contribution in [-0.4, -0.2) is 7.11 Å². The fourth-order valence-electron chi connectivity index (χ4n) is 0.864. The van der Waals surface area contributed by atoms with Crippen molar-refractivity contribution < 1.29 is 13.5 Å². The number of halogens is 3. The van der Waals surface area contributed by atoms with E-state index in [-0.39, 0.29) is 0 Å². The molecule has 1 rings (SSSR count). The molecule has 1 aromatic carbocycles. The van der Waals surface area contributed by atoms with Gasteiger partial charge in [-0.3, -0.25) is 0 Å². The van der Waals surface area contributed by atoms with Crippen molar-refractivity contribution in [3.63, 3.8) is 0 Å². The Morgan fingerprint density at radius 2 is 1.92 bits per heavy atom. The summed E-state index contributed by atoms with van der Waals surface area (Å²) in [6.45, 7) is 0. The minimum atomic E-state index is -0.892. The first-order chi connectivity index (χ1) is 5.69. The summed E-state index contributed by atoms with van der Waals surface area (Å²) in [5.41, 5.74) is 0.594. The van der Waals surface area contributed by atoms with Crippen LogP contribution in [0.4, 0.5) is 8.78 Å². The van der Waals surface area contributed by atoms with Crippen molar-refractivity contribution in [2.24, 2.45) is 0 Å². The average molecular weight is 237 g/mol. The SMILES string of the molecule is COc1cc(F)c(F)cc1CBr. The van der Waals surface area contributed by atoms with E-state index in [1.807, 2.05) is 0 Å². The molecule has 0 unspecified atom stereocenters. The molecular weight excluding hydrogens is 230 g/mol. The van der Waals surface area contributed by atoms with Crippen molar-refractivity contribution in [3.05, 3.63) is 29.3 Å². The summed E-state index contributed by atoms with van der Waals surface area (Å²) in [5.74, 6) is -1.40. The van der Waals surface area contributed by atoms with Gasteiger partial charge in [0.2, 0.25) is 0 Å². The van der Waals surface area contributed by atoms with Crippen LogP contribution in [0.25, 0.3) is 0 Å². The molecule has 0 aliphatic heterocycles. The largest absolute Gasteiger partial charge is 0.496 e. The molecule has 0 saturated carbocycles. The monoisotopic (exact) mass is 236 g/mol. The van der Waals surface area contributed by atoms with Gasteiger partial charge >= 0.3 is 0 Å². The number of benzene rings is 1. The van der Waals surface area contributed by atoms with Crippen LogP contribution in [-0.2, 0) is 5.33 Å². The molecule has 0 bridgehead atoms. The first-order valence-electron chi connectivity index (χ1n) is 3.27. The van der Waals surface area contributed by atoms with Gasteiger partial charge in [0.05, 0.1) is 7.11 Å². The van der Waals surface area contributed by atoms with Gasteiger partial charge in [0.15, 0.2) is 11.6 Å². The second kappa shape index (κ2) is 3.85. The third kappa shape index (κ3) is 1.75. The summed E-state index contributed by atoms with van der Waals surface area (Å²) in [6.07, 6.45) is 0. The summed E-state index contributed by atoms with van der Waals surface area (Å²) in [4.78, 5) is 0. The van der Waals surface area contributed by atoms with Crippen molar-refractivity contribution in [1.29, 1.82) is 0 Å². The highest BCUT2D eigenvalue weighted by atomic mass is 79.9. The number of methoxy groups -OCH3 is 1. The van der Waals surface area contributed by atoms with Crippen molar-refractivity contribution in [1.82, 2.24) is 0 Å². The Kier molecular flexibility index (Phi) is 3.03. The predicted octanol–water partition coefficient (Wildman–Crippen LogP) is 2.87. The van der Waals surface area contributed by atoms with Crippen LogP contribution >= 0.6 is 15.9 Å². The second-order valence-electron chi connectivity index (χ2n) is 2.21. The van der Waals surface area contributed by atoms with Gasteiger partial charge in [-0.25, -0.2) is 8.78 Å². The highest BCUT2D eigenvalue weighted by Crippen LogP contribution is 2.23. The van der Waals surface area contributed by atoms with Gasteiger partial charge in [-0.15, -0.1) is 0 Å². The molecule has 4 heteroatoms. The van der Waals surface area contributed by atoms with E-state index < -0.39 is 11.6 Å². The maximum absolute atomic E-state index is 12.6. The minimum Gasteiger partial charge on any atom is -0.496 e. The van der Waals surface area contributed by atoms with Gasteiger partial charge < -0.3 is 4.74 Å². The van der Waals surface area contributed by atoms with Crippen LogP contribution in [0.3, 0.4) is 0 Å². The number of hydrogen-bond acceptors (Lipinski definition) is 1. The Morgan fingerprint density at radius 1 is 1.33 bits per heavy atom. The molecule has 66 valence electrons. The van der Waals surface area contributed by atoms with E-state index in [2.05, 4.69) is 15.9 Å². The smallest absolute Gasteiger partial charge is 0.162 e. The number of ether oxygens (including phenoxy) is 1. The van der Waals surface area contributed by atoms with E-state index in [4.69, 9.17) is 4.74 Å². The van der Waals surface area contributed by atoms with Crippen molar-refractivity contribution in [3.8, 4) is 5.75 Å². The number of alkyl halides is 1. The third-order valence-electron chi connectivity index (χ3n) is 1.47. The molecule has 0 fully saturated rings. The van der Waals surface area contributed by atoms with Gasteiger partial charge in [-0.1, -0.05) is 15.9 Å². The summed E-state index contributed by atoms with van der Waals surface area (Å²) in [7, 11) is 1.42. The molecule has 1 aromatic rings. The Bertz CT molecular complexity index is 260. The molecule has 0 aliphatic carbocycles. The van der Waals surface area contributed by atoms with E-state index in [9.17, 15) is 8.78 Å². The van der Waals surface area contributed by atoms with Crippen molar-refractivity contribution >= 4 is 15.9 Å². The standard InChI is InChI=1S/C8H7BrF2O/c1-12-8-3-7(11)6(10)2-5(8)4-9/h2-3H,4H2,1H3. The lowest BCUT2D eigenvalue weighted by molar-refractivity contribution is 0.402. The Labute approximate surface area is 77.5 Å². The lowest BCUT2D eigenvalue weighted by Crippen LogP contribution is -1.93. The van der Waals surface area contributed by atoms with Crippen LogP contribution in [0, 0.1) is 11.6 Å². The maximum atomic E-state index is 12.6. The number of rotatable bonds is 2. The fraction of sp³-hybridized carbons (Fsp3) is 0.250. The molecule has 0 saturated heterocycles. The topological polar surface area (TPSA) is 9.23 Å². The van der Waals surface area contributed by atoms with E-state index in [1.54, 1.807) is 0 Å². The average Bonchev–Trinajstić information content (AvgIpc) is 2.09. The number of hydrogen-bond donors (Lipinski definition) is 0. The van der Waals surface area contributed by atoms with E-state index >= 15 is 0 Å². The van der Waals surface area contributed by atoms with Crippen LogP contribution in [0.15, 0.2) is 12.1 Å². The summed E-state index contributed by atoms with van der Waals surface area (Å²) < 4.78 is 30.1. The van der Waals surface area contributed by atoms with Crippen LogP contribution in [0.5, 0.6) is 5.75 Å². The Morgan fingerprint density at radius 3 is 2.42 bits per heavy atom. The van der Waals surface area contributed by atoms with Gasteiger partial charge in [0, 0.05) is 17.0 Å². The zero-order chi connectivity index (χ0) is 9.14. The van der Waals surface area contributed by atoms with E-state index in [0.29, 0.717) is 16.6 Å². The van der Waals surface area contributed by atoms with Crippen LogP contribution in [0.1, 0.15) is 5.56 Å². The Hall–Kier alpha value is -0.640. The molecule has 0 heterocycles. The molecule has 0 N–H and O–H groups in total. The van der Waals surface area contributed by atoms with Gasteiger partial charge in [-0.05, 0) is 6.07 Å². The molecule has 0 amide bonds. The zero-order valence-corrected chi connectivity index (χ0v) is 7.99. The minimum absolute atomic E-state index is 0.353. The lowest BCUT2D eigenvalue weighted by Gasteiger charge is -2.05. The first kappa shape index (κ1) is 9.45. The summed E-state index contributed by atoms with van der Waals surface area (Å²) in [5, 5.41) is 0.438. The molecule has 0 spiro atoms. The van der Waals surface area contributed by atoms with Crippen molar-refractivity contribution in [2.45, 2.75) is 5.33 Å². The van der Waals surface area contributed by atoms with Gasteiger partial charge in [0.1, 0.15) is 5.75 Å². The zero-order valence-electron chi connectivity index (χ0n) is 6.40. The van der Waals surface area contributed by atoms with Crippen LogP contribution in [0.2, 0.25) is 0 Å². The lowest BCUT2D eigenvalue weighted by atomic mass is 10.2. The molecule has 0 radical (unpaired) electrons. The van der Waals surface area contributed by atoms with E-state index in [1.165, 1.54) is 7.11 Å². The molecule has 0 aliphatic rings. The fourth-order valence-corrected chi connectivity index (χ4v) is 1.30. The first-order valence-corrected chi connectivity index (χ1v) is 4.39. The highest BCUT2D eigenvalue weighted by Gasteiger charge is 2.08. The third-order valence-corrected chi connectivity index (χ3v) is 2.07. The molecule has 1 nitrogen and oxygen atoms in total. The highest BCUT2D eigenvalue weighted by molar-refractivity contribution is 9.08. The van der Waals surface area contributed by atoms with Crippen LogP contribution < -0.4 is 4.74 Å². The molecule has 0 aromatic heterocycles. The maximum Gasteiger partial charge on any atom is 0.162 e. The molecule has 12 heavy (non-hydrogen) atoms. The summed E-state index contributed by atoms with van der Waals surface area (Å²) >= 11 is 3.14. The quantitative estimate of drug-likeness (QED) is 0.718. The second-order valence-corrected chi connectivity index (χ2v) is 2.77. The van der Waals surface area contributed by atoms with Crippen molar-refractivity contribution in [2.75, 3.05) is 7.11 Å². The van der Waals surface area contributed by atoms with E-state index in [0.717, 1.165) is 12.1 Å². The predicted molar refractivity (Wildman–Crippen MR) is 45.5 cm³/mol. The summed E-state index contributed by atoms with van der Waals surface area (Å²) in [6, 6.07) is 2.15. The molecule has 0 atom stereocenters. The normalized spacial score (nSPS) is 10.0. The molecular formula is C8H7BrF2O. The van der Waals surface area contributed by atoms with Gasteiger partial charge in [0.25, 0.3) is 0 Å². The van der Waals surface area contributed by atoms with Gasteiger partial charge in [-0.2, -0.15) is 0 Å².